The van der Waals surface area contributed by atoms with Crippen LogP contribution in [0.25, 0.3) is 0 Å². The van der Waals surface area contributed by atoms with Gasteiger partial charge in [0.1, 0.15) is 0 Å². The Kier molecular flexibility index (Phi) is 6.51. The molecule has 1 unspecified atom stereocenters. The number of aryl methyl sites for hydroxylation is 2. The molecule has 0 spiro atoms. The number of benzene rings is 1. The van der Waals surface area contributed by atoms with Crippen molar-refractivity contribution in [2.45, 2.75) is 32.2 Å². The number of carbonyl (C=O) groups is 1. The molecule has 3 rings (SSSR count). The molecule has 0 aliphatic rings. The molecule has 8 nitrogen and oxygen atoms in total. The standard InChI is InChI=1S/C21H25N5O3S/c1-15(14-26-17(3)12-16(2)24-26)13-23-21(27)18-4-6-20(7-5-18)30(28,29)25-19-8-10-22-11-9-19/h4-12,15H,13-14H2,1-3H3,(H,22,25)(H,23,27). The Hall–Kier alpha value is -3.20. The van der Waals surface area contributed by atoms with Gasteiger partial charge in [0.2, 0.25) is 0 Å². The summed E-state index contributed by atoms with van der Waals surface area (Å²) in [7, 11) is -3.74. The van der Waals surface area contributed by atoms with E-state index in [4.69, 9.17) is 0 Å². The molecule has 0 aliphatic heterocycles. The van der Waals surface area contributed by atoms with E-state index >= 15 is 0 Å². The number of nitrogens with zero attached hydrogens (tertiary/aromatic N) is 3. The summed E-state index contributed by atoms with van der Waals surface area (Å²) in [6.07, 6.45) is 3.00. The summed E-state index contributed by atoms with van der Waals surface area (Å²) in [6.45, 7) is 7.19. The van der Waals surface area contributed by atoms with Gasteiger partial charge in [0.25, 0.3) is 15.9 Å². The number of aromatic nitrogens is 3. The summed E-state index contributed by atoms with van der Waals surface area (Å²) in [5, 5.41) is 7.33. The van der Waals surface area contributed by atoms with E-state index in [0.29, 0.717) is 24.3 Å². The fourth-order valence-electron chi connectivity index (χ4n) is 3.01. The highest BCUT2D eigenvalue weighted by Crippen LogP contribution is 2.16. The van der Waals surface area contributed by atoms with Gasteiger partial charge in [0.15, 0.2) is 0 Å². The van der Waals surface area contributed by atoms with E-state index in [1.165, 1.54) is 36.7 Å². The van der Waals surface area contributed by atoms with Crippen molar-refractivity contribution in [2.24, 2.45) is 5.92 Å². The van der Waals surface area contributed by atoms with Crippen LogP contribution in [0.15, 0.2) is 59.8 Å². The van der Waals surface area contributed by atoms with Crippen molar-refractivity contribution in [3.63, 3.8) is 0 Å². The average Bonchev–Trinajstić information content (AvgIpc) is 3.03. The smallest absolute Gasteiger partial charge is 0.261 e. The first kappa shape index (κ1) is 21.5. The maximum Gasteiger partial charge on any atom is 0.261 e. The fraction of sp³-hybridized carbons (Fsp3) is 0.286. The van der Waals surface area contributed by atoms with Gasteiger partial charge in [-0.2, -0.15) is 5.10 Å². The van der Waals surface area contributed by atoms with Crippen LogP contribution in [0.2, 0.25) is 0 Å². The monoisotopic (exact) mass is 427 g/mol. The first-order valence-electron chi connectivity index (χ1n) is 9.57. The Morgan fingerprint density at radius 3 is 2.37 bits per heavy atom. The second kappa shape index (κ2) is 9.08. The van der Waals surface area contributed by atoms with E-state index in [-0.39, 0.29) is 16.7 Å². The van der Waals surface area contributed by atoms with Gasteiger partial charge in [-0.05, 0) is 62.2 Å². The molecule has 3 aromatic rings. The summed E-state index contributed by atoms with van der Waals surface area (Å²) in [4.78, 5) is 16.4. The molecule has 0 radical (unpaired) electrons. The average molecular weight is 428 g/mol. The molecule has 9 heteroatoms. The summed E-state index contributed by atoms with van der Waals surface area (Å²) in [5.41, 5.74) is 2.87. The lowest BCUT2D eigenvalue weighted by Crippen LogP contribution is -2.30. The first-order chi connectivity index (χ1) is 14.2. The molecule has 0 saturated heterocycles. The molecule has 2 heterocycles. The zero-order valence-corrected chi connectivity index (χ0v) is 18.0. The number of pyridine rings is 1. The molecule has 0 fully saturated rings. The molecule has 1 aromatic carbocycles. The number of hydrogen-bond donors (Lipinski definition) is 2. The molecule has 158 valence electrons. The summed E-state index contributed by atoms with van der Waals surface area (Å²) in [6, 6.07) is 11.0. The minimum absolute atomic E-state index is 0.0776. The van der Waals surface area contributed by atoms with Crippen molar-refractivity contribution in [3.05, 3.63) is 71.8 Å². The van der Waals surface area contributed by atoms with E-state index in [9.17, 15) is 13.2 Å². The van der Waals surface area contributed by atoms with Crippen LogP contribution >= 0.6 is 0 Å². The highest BCUT2D eigenvalue weighted by molar-refractivity contribution is 7.92. The second-order valence-electron chi connectivity index (χ2n) is 7.29. The van der Waals surface area contributed by atoms with Gasteiger partial charge in [-0.15, -0.1) is 0 Å². The number of amides is 1. The molecule has 0 aliphatic carbocycles. The summed E-state index contributed by atoms with van der Waals surface area (Å²) in [5.74, 6) is -0.0579. The topological polar surface area (TPSA) is 106 Å². The van der Waals surface area contributed by atoms with Crippen molar-refractivity contribution >= 4 is 21.6 Å². The lowest BCUT2D eigenvalue weighted by atomic mass is 10.1. The van der Waals surface area contributed by atoms with Crippen LogP contribution in [0.5, 0.6) is 0 Å². The zero-order chi connectivity index (χ0) is 21.7. The second-order valence-corrected chi connectivity index (χ2v) is 8.97. The number of rotatable bonds is 8. The van der Waals surface area contributed by atoms with E-state index in [1.54, 1.807) is 12.1 Å². The lowest BCUT2D eigenvalue weighted by molar-refractivity contribution is 0.0946. The minimum Gasteiger partial charge on any atom is -0.352 e. The molecule has 2 N–H and O–H groups in total. The Morgan fingerprint density at radius 1 is 1.10 bits per heavy atom. The van der Waals surface area contributed by atoms with Gasteiger partial charge in [-0.25, -0.2) is 8.42 Å². The van der Waals surface area contributed by atoms with Crippen LogP contribution in [-0.4, -0.2) is 35.6 Å². The number of nitrogens with one attached hydrogen (secondary N) is 2. The van der Waals surface area contributed by atoms with Crippen molar-refractivity contribution in [1.82, 2.24) is 20.1 Å². The third kappa shape index (κ3) is 5.44. The van der Waals surface area contributed by atoms with Crippen molar-refractivity contribution in [2.75, 3.05) is 11.3 Å². The lowest BCUT2D eigenvalue weighted by Gasteiger charge is -2.14. The molecular formula is C21H25N5O3S. The summed E-state index contributed by atoms with van der Waals surface area (Å²) < 4.78 is 29.3. The molecule has 0 saturated carbocycles. The van der Waals surface area contributed by atoms with E-state index in [1.807, 2.05) is 31.5 Å². The third-order valence-corrected chi connectivity index (χ3v) is 5.96. The van der Waals surface area contributed by atoms with Crippen molar-refractivity contribution in [3.8, 4) is 0 Å². The zero-order valence-electron chi connectivity index (χ0n) is 17.2. The Morgan fingerprint density at radius 2 is 1.77 bits per heavy atom. The fourth-order valence-corrected chi connectivity index (χ4v) is 4.07. The van der Waals surface area contributed by atoms with Crippen LogP contribution < -0.4 is 10.0 Å². The maximum atomic E-state index is 12.5. The van der Waals surface area contributed by atoms with Crippen LogP contribution in [0.1, 0.15) is 28.7 Å². The highest BCUT2D eigenvalue weighted by atomic mass is 32.2. The van der Waals surface area contributed by atoms with E-state index < -0.39 is 10.0 Å². The van der Waals surface area contributed by atoms with Crippen LogP contribution in [0.3, 0.4) is 0 Å². The largest absolute Gasteiger partial charge is 0.352 e. The molecule has 2 aromatic heterocycles. The molecule has 30 heavy (non-hydrogen) atoms. The van der Waals surface area contributed by atoms with Gasteiger partial charge in [-0.3, -0.25) is 19.2 Å². The van der Waals surface area contributed by atoms with Gasteiger partial charge in [0, 0.05) is 36.7 Å². The number of hydrogen-bond acceptors (Lipinski definition) is 5. The SMILES string of the molecule is Cc1cc(C)n(CC(C)CNC(=O)c2ccc(S(=O)(=O)Nc3ccncc3)cc2)n1. The normalized spacial score (nSPS) is 12.4. The highest BCUT2D eigenvalue weighted by Gasteiger charge is 2.16. The van der Waals surface area contributed by atoms with Crippen LogP contribution in [0.4, 0.5) is 5.69 Å². The number of sulfonamides is 1. The van der Waals surface area contributed by atoms with Crippen LogP contribution in [0, 0.1) is 19.8 Å². The van der Waals surface area contributed by atoms with Crippen molar-refractivity contribution < 1.29 is 13.2 Å². The van der Waals surface area contributed by atoms with Gasteiger partial charge in [-0.1, -0.05) is 6.92 Å². The maximum absolute atomic E-state index is 12.5. The molecule has 1 amide bonds. The Labute approximate surface area is 176 Å². The van der Waals surface area contributed by atoms with Gasteiger partial charge < -0.3 is 5.32 Å². The third-order valence-electron chi connectivity index (χ3n) is 4.56. The first-order valence-corrected chi connectivity index (χ1v) is 11.0. The summed E-state index contributed by atoms with van der Waals surface area (Å²) >= 11 is 0. The van der Waals surface area contributed by atoms with Gasteiger partial charge >= 0.3 is 0 Å². The van der Waals surface area contributed by atoms with Gasteiger partial charge in [0.05, 0.1) is 16.3 Å². The van der Waals surface area contributed by atoms with Crippen LogP contribution in [-0.2, 0) is 16.6 Å². The predicted molar refractivity (Wildman–Crippen MR) is 115 cm³/mol. The Balaban J connectivity index is 1.57. The quantitative estimate of drug-likeness (QED) is 0.575. The Bertz CT molecular complexity index is 1110. The van der Waals surface area contributed by atoms with Crippen molar-refractivity contribution in [1.29, 1.82) is 0 Å². The van der Waals surface area contributed by atoms with E-state index in [0.717, 1.165) is 11.4 Å². The van der Waals surface area contributed by atoms with E-state index in [2.05, 4.69) is 20.1 Å². The molecular weight excluding hydrogens is 402 g/mol. The molecule has 0 bridgehead atoms. The minimum atomic E-state index is -3.74. The predicted octanol–water partition coefficient (Wildman–Crippen LogP) is 2.76. The number of anilines is 1. The molecule has 1 atom stereocenters. The number of carbonyl (C=O) groups excluding carboxylic acids is 1.